The maximum atomic E-state index is 12.2. The zero-order valence-electron chi connectivity index (χ0n) is 11.9. The molecule has 0 aromatic heterocycles. The first-order valence-electron chi connectivity index (χ1n) is 6.60. The molecule has 0 bridgehead atoms. The number of nitrogens with one attached hydrogen (secondary N) is 1. The molecule has 0 aliphatic heterocycles. The summed E-state index contributed by atoms with van der Waals surface area (Å²) in [6, 6.07) is 13.8. The Kier molecular flexibility index (Phi) is 4.33. The first kappa shape index (κ1) is 14.7. The monoisotopic (exact) mass is 284 g/mol. The molecule has 0 radical (unpaired) electrons. The quantitative estimate of drug-likeness (QED) is 0.691. The Bertz CT molecular complexity index is 668. The van der Waals surface area contributed by atoms with E-state index in [1.165, 1.54) is 18.2 Å². The summed E-state index contributed by atoms with van der Waals surface area (Å²) in [6.07, 6.45) is 0. The fourth-order valence-corrected chi connectivity index (χ4v) is 2.11. The maximum Gasteiger partial charge on any atom is 0.272 e. The minimum atomic E-state index is -0.455. The van der Waals surface area contributed by atoms with Crippen LogP contribution in [-0.2, 0) is 0 Å². The van der Waals surface area contributed by atoms with Gasteiger partial charge < -0.3 is 5.32 Å². The molecule has 5 nitrogen and oxygen atoms in total. The number of hydrogen-bond donors (Lipinski definition) is 1. The fraction of sp³-hybridized carbons (Fsp3) is 0.188. The van der Waals surface area contributed by atoms with E-state index in [1.807, 2.05) is 37.3 Å². The third-order valence-electron chi connectivity index (χ3n) is 3.30. The Morgan fingerprint density at radius 1 is 1.19 bits per heavy atom. The number of carbonyl (C=O) groups excluding carboxylic acids is 1. The molecule has 108 valence electrons. The Balaban J connectivity index is 2.14. The summed E-state index contributed by atoms with van der Waals surface area (Å²) in [4.78, 5) is 22.5. The van der Waals surface area contributed by atoms with Gasteiger partial charge in [-0.2, -0.15) is 0 Å². The van der Waals surface area contributed by atoms with Crippen molar-refractivity contribution in [3.8, 4) is 0 Å². The van der Waals surface area contributed by atoms with E-state index in [2.05, 4.69) is 5.32 Å². The lowest BCUT2D eigenvalue weighted by Crippen LogP contribution is -2.26. The molecule has 2 aromatic rings. The predicted octanol–water partition coefficient (Wildman–Crippen LogP) is 3.39. The molecule has 5 heteroatoms. The highest BCUT2D eigenvalue weighted by atomic mass is 16.6. The topological polar surface area (TPSA) is 72.2 Å². The second kappa shape index (κ2) is 6.17. The molecule has 0 fully saturated rings. The summed E-state index contributed by atoms with van der Waals surface area (Å²) >= 11 is 0. The Morgan fingerprint density at radius 2 is 1.86 bits per heavy atom. The molecule has 1 atom stereocenters. The van der Waals surface area contributed by atoms with E-state index in [9.17, 15) is 14.9 Å². The van der Waals surface area contributed by atoms with Crippen LogP contribution in [-0.4, -0.2) is 10.8 Å². The van der Waals surface area contributed by atoms with Gasteiger partial charge in [0.25, 0.3) is 11.6 Å². The van der Waals surface area contributed by atoms with Gasteiger partial charge in [-0.05, 0) is 31.5 Å². The largest absolute Gasteiger partial charge is 0.346 e. The van der Waals surface area contributed by atoms with E-state index in [0.717, 1.165) is 5.56 Å². The van der Waals surface area contributed by atoms with Crippen LogP contribution in [0.3, 0.4) is 0 Å². The normalized spacial score (nSPS) is 11.7. The molecule has 21 heavy (non-hydrogen) atoms. The number of aryl methyl sites for hydroxylation is 1. The van der Waals surface area contributed by atoms with Gasteiger partial charge in [-0.25, -0.2) is 0 Å². The van der Waals surface area contributed by atoms with Crippen molar-refractivity contribution < 1.29 is 9.72 Å². The summed E-state index contributed by atoms with van der Waals surface area (Å²) in [5.41, 5.74) is 1.91. The van der Waals surface area contributed by atoms with Crippen LogP contribution in [0.15, 0.2) is 48.5 Å². The molecule has 1 amide bonds. The lowest BCUT2D eigenvalue weighted by molar-refractivity contribution is -0.385. The Morgan fingerprint density at radius 3 is 2.43 bits per heavy atom. The van der Waals surface area contributed by atoms with E-state index in [1.54, 1.807) is 6.92 Å². The van der Waals surface area contributed by atoms with Crippen LogP contribution in [0, 0.1) is 17.0 Å². The van der Waals surface area contributed by atoms with Gasteiger partial charge in [0, 0.05) is 17.2 Å². The minimum absolute atomic E-state index is 0.0163. The molecule has 0 spiro atoms. The molecule has 1 unspecified atom stereocenters. The van der Waals surface area contributed by atoms with E-state index in [0.29, 0.717) is 11.1 Å². The minimum Gasteiger partial charge on any atom is -0.346 e. The number of carbonyl (C=O) groups is 1. The molecule has 0 heterocycles. The van der Waals surface area contributed by atoms with Gasteiger partial charge in [0.15, 0.2) is 0 Å². The molecule has 0 aliphatic rings. The SMILES string of the molecule is Cc1cc(C(=O)NC(C)c2ccccc2)ccc1[N+](=O)[O-]. The average Bonchev–Trinajstić information content (AvgIpc) is 2.47. The Labute approximate surface area is 122 Å². The van der Waals surface area contributed by atoms with Crippen molar-refractivity contribution in [3.05, 3.63) is 75.3 Å². The first-order valence-corrected chi connectivity index (χ1v) is 6.60. The van der Waals surface area contributed by atoms with Gasteiger partial charge in [0.2, 0.25) is 0 Å². The van der Waals surface area contributed by atoms with Crippen LogP contribution < -0.4 is 5.32 Å². The first-order chi connectivity index (χ1) is 9.99. The molecular weight excluding hydrogens is 268 g/mol. The standard InChI is InChI=1S/C16H16N2O3/c1-11-10-14(8-9-15(11)18(20)21)16(19)17-12(2)13-6-4-3-5-7-13/h3-10,12H,1-2H3,(H,17,19). The third kappa shape index (κ3) is 3.45. The number of benzene rings is 2. The van der Waals surface area contributed by atoms with Crippen LogP contribution in [0.1, 0.15) is 34.5 Å². The summed E-state index contributed by atoms with van der Waals surface area (Å²) in [6.45, 7) is 3.51. The fourth-order valence-electron chi connectivity index (χ4n) is 2.11. The number of nitro benzene ring substituents is 1. The lowest BCUT2D eigenvalue weighted by Gasteiger charge is -2.14. The van der Waals surface area contributed by atoms with E-state index in [4.69, 9.17) is 0 Å². The van der Waals surface area contributed by atoms with Crippen molar-refractivity contribution in [3.63, 3.8) is 0 Å². The number of rotatable bonds is 4. The number of amides is 1. The van der Waals surface area contributed by atoms with Crippen molar-refractivity contribution in [2.24, 2.45) is 0 Å². The van der Waals surface area contributed by atoms with Gasteiger partial charge in [0.05, 0.1) is 11.0 Å². The van der Waals surface area contributed by atoms with Crippen LogP contribution in [0.4, 0.5) is 5.69 Å². The number of nitro groups is 1. The lowest BCUT2D eigenvalue weighted by atomic mass is 10.1. The van der Waals surface area contributed by atoms with Crippen molar-refractivity contribution in [2.75, 3.05) is 0 Å². The predicted molar refractivity (Wildman–Crippen MR) is 80.2 cm³/mol. The van der Waals surface area contributed by atoms with E-state index < -0.39 is 4.92 Å². The summed E-state index contributed by atoms with van der Waals surface area (Å²) in [5, 5.41) is 13.7. The number of hydrogen-bond acceptors (Lipinski definition) is 3. The van der Waals surface area contributed by atoms with E-state index >= 15 is 0 Å². The smallest absolute Gasteiger partial charge is 0.272 e. The molecule has 2 rings (SSSR count). The van der Waals surface area contributed by atoms with Crippen LogP contribution >= 0.6 is 0 Å². The molecule has 0 saturated heterocycles. The van der Waals surface area contributed by atoms with Gasteiger partial charge in [0.1, 0.15) is 0 Å². The summed E-state index contributed by atoms with van der Waals surface area (Å²) in [5.74, 6) is -0.246. The van der Waals surface area contributed by atoms with Gasteiger partial charge >= 0.3 is 0 Å². The second-order valence-electron chi connectivity index (χ2n) is 4.86. The van der Waals surface area contributed by atoms with E-state index in [-0.39, 0.29) is 17.6 Å². The highest BCUT2D eigenvalue weighted by Gasteiger charge is 2.15. The van der Waals surface area contributed by atoms with Crippen LogP contribution in [0.2, 0.25) is 0 Å². The highest BCUT2D eigenvalue weighted by molar-refractivity contribution is 5.95. The van der Waals surface area contributed by atoms with Gasteiger partial charge in [-0.1, -0.05) is 30.3 Å². The van der Waals surface area contributed by atoms with Crippen LogP contribution in [0.25, 0.3) is 0 Å². The summed E-state index contributed by atoms with van der Waals surface area (Å²) < 4.78 is 0. The average molecular weight is 284 g/mol. The van der Waals surface area contributed by atoms with Crippen LogP contribution in [0.5, 0.6) is 0 Å². The van der Waals surface area contributed by atoms with Crippen molar-refractivity contribution in [1.82, 2.24) is 5.32 Å². The van der Waals surface area contributed by atoms with Crippen molar-refractivity contribution in [2.45, 2.75) is 19.9 Å². The molecule has 1 N–H and O–H groups in total. The molecule has 0 saturated carbocycles. The molecule has 2 aromatic carbocycles. The highest BCUT2D eigenvalue weighted by Crippen LogP contribution is 2.19. The van der Waals surface area contributed by atoms with Gasteiger partial charge in [-0.3, -0.25) is 14.9 Å². The molecule has 0 aliphatic carbocycles. The summed E-state index contributed by atoms with van der Waals surface area (Å²) in [7, 11) is 0. The van der Waals surface area contributed by atoms with Crippen molar-refractivity contribution in [1.29, 1.82) is 0 Å². The zero-order chi connectivity index (χ0) is 15.4. The molecular formula is C16H16N2O3. The third-order valence-corrected chi connectivity index (χ3v) is 3.30. The second-order valence-corrected chi connectivity index (χ2v) is 4.86. The van der Waals surface area contributed by atoms with Crippen molar-refractivity contribution >= 4 is 11.6 Å². The Hall–Kier alpha value is -2.69. The maximum absolute atomic E-state index is 12.2. The zero-order valence-corrected chi connectivity index (χ0v) is 11.9. The number of nitrogens with zero attached hydrogens (tertiary/aromatic N) is 1. The van der Waals surface area contributed by atoms with Gasteiger partial charge in [-0.15, -0.1) is 0 Å².